The lowest BCUT2D eigenvalue weighted by Gasteiger charge is -1.99. The second-order valence-electron chi connectivity index (χ2n) is 2.20. The van der Waals surface area contributed by atoms with Crippen LogP contribution in [0.15, 0.2) is 24.8 Å². The summed E-state index contributed by atoms with van der Waals surface area (Å²) in [6.45, 7) is 9.61. The molecule has 10 heavy (non-hydrogen) atoms. The first kappa shape index (κ1) is 8.95. The lowest BCUT2D eigenvalue weighted by molar-refractivity contribution is -0.116. The number of carbonyl (C=O) groups is 1. The fourth-order valence-electron chi connectivity index (χ4n) is 0.471. The number of amides is 1. The molecule has 0 radical (unpaired) electrons. The molecule has 0 aliphatic heterocycles. The predicted molar refractivity (Wildman–Crippen MR) is 42.6 cm³/mol. The van der Waals surface area contributed by atoms with Gasteiger partial charge in [-0.3, -0.25) is 4.79 Å². The van der Waals surface area contributed by atoms with Crippen molar-refractivity contribution >= 4 is 5.91 Å². The molecule has 0 heterocycles. The van der Waals surface area contributed by atoms with Gasteiger partial charge in [-0.1, -0.05) is 12.2 Å². The van der Waals surface area contributed by atoms with Gasteiger partial charge in [-0.2, -0.15) is 0 Å². The second kappa shape index (κ2) is 4.79. The number of nitrogens with one attached hydrogen (secondary N) is 1. The molecule has 0 aromatic carbocycles. The maximum Gasteiger partial charge on any atom is 0.243 e. The minimum atomic E-state index is -0.124. The van der Waals surface area contributed by atoms with Gasteiger partial charge in [0, 0.05) is 6.54 Å². The van der Waals surface area contributed by atoms with Crippen LogP contribution in [-0.2, 0) is 4.79 Å². The van der Waals surface area contributed by atoms with Crippen LogP contribution in [0.4, 0.5) is 0 Å². The Bertz CT molecular complexity index is 149. The highest BCUT2D eigenvalue weighted by atomic mass is 16.1. The molecule has 0 fully saturated rings. The van der Waals surface area contributed by atoms with Crippen molar-refractivity contribution in [3.63, 3.8) is 0 Å². The Morgan fingerprint density at radius 2 is 2.30 bits per heavy atom. The van der Waals surface area contributed by atoms with Gasteiger partial charge in [0.05, 0.1) is 0 Å². The Balaban J connectivity index is 3.28. The topological polar surface area (TPSA) is 29.1 Å². The summed E-state index contributed by atoms with van der Waals surface area (Å²) in [7, 11) is 0. The second-order valence-corrected chi connectivity index (χ2v) is 2.20. The third-order valence-corrected chi connectivity index (χ3v) is 1.04. The third kappa shape index (κ3) is 5.09. The minimum absolute atomic E-state index is 0.124. The summed E-state index contributed by atoms with van der Waals surface area (Å²) in [4.78, 5) is 10.5. The molecule has 0 bridgehead atoms. The van der Waals surface area contributed by atoms with Gasteiger partial charge in [0.2, 0.25) is 5.91 Å². The van der Waals surface area contributed by atoms with E-state index >= 15 is 0 Å². The molecule has 56 valence electrons. The van der Waals surface area contributed by atoms with Crippen LogP contribution in [0.1, 0.15) is 13.3 Å². The largest absolute Gasteiger partial charge is 0.352 e. The van der Waals surface area contributed by atoms with Crippen molar-refractivity contribution in [2.24, 2.45) is 0 Å². The Hall–Kier alpha value is -1.05. The summed E-state index contributed by atoms with van der Waals surface area (Å²) in [5, 5.41) is 2.65. The Morgan fingerprint density at radius 1 is 1.70 bits per heavy atom. The van der Waals surface area contributed by atoms with Gasteiger partial charge < -0.3 is 5.32 Å². The molecule has 0 saturated heterocycles. The highest BCUT2D eigenvalue weighted by Gasteiger charge is 1.91. The zero-order valence-corrected chi connectivity index (χ0v) is 6.31. The highest BCUT2D eigenvalue weighted by Crippen LogP contribution is 1.91. The van der Waals surface area contributed by atoms with Crippen LogP contribution in [0.2, 0.25) is 0 Å². The Morgan fingerprint density at radius 3 is 2.70 bits per heavy atom. The average molecular weight is 139 g/mol. The van der Waals surface area contributed by atoms with Crippen molar-refractivity contribution in [3.05, 3.63) is 24.8 Å². The molecule has 0 unspecified atom stereocenters. The lowest BCUT2D eigenvalue weighted by Crippen LogP contribution is -2.21. The van der Waals surface area contributed by atoms with Gasteiger partial charge >= 0.3 is 0 Å². The van der Waals surface area contributed by atoms with Gasteiger partial charge in [-0.25, -0.2) is 0 Å². The van der Waals surface area contributed by atoms with Crippen LogP contribution in [0.3, 0.4) is 0 Å². The van der Waals surface area contributed by atoms with Crippen LogP contribution < -0.4 is 5.32 Å². The normalized spacial score (nSPS) is 8.50. The minimum Gasteiger partial charge on any atom is -0.352 e. The molecule has 0 saturated carbocycles. The van der Waals surface area contributed by atoms with E-state index in [9.17, 15) is 4.79 Å². The van der Waals surface area contributed by atoms with E-state index in [2.05, 4.69) is 18.5 Å². The van der Waals surface area contributed by atoms with Gasteiger partial charge in [0.1, 0.15) is 0 Å². The zero-order chi connectivity index (χ0) is 7.98. The molecule has 0 aliphatic rings. The zero-order valence-electron chi connectivity index (χ0n) is 6.31. The van der Waals surface area contributed by atoms with E-state index in [1.54, 1.807) is 0 Å². The third-order valence-electron chi connectivity index (χ3n) is 1.04. The Kier molecular flexibility index (Phi) is 4.29. The van der Waals surface area contributed by atoms with Crippen molar-refractivity contribution in [3.8, 4) is 0 Å². The van der Waals surface area contributed by atoms with E-state index in [4.69, 9.17) is 0 Å². The molecule has 0 rings (SSSR count). The number of rotatable bonds is 4. The standard InChI is InChI=1S/C8H13NO/c1-4-8(10)9-6-5-7(2)3/h4H,1-2,5-6H2,3H3,(H,9,10). The highest BCUT2D eigenvalue weighted by molar-refractivity contribution is 5.86. The fourth-order valence-corrected chi connectivity index (χ4v) is 0.471. The van der Waals surface area contributed by atoms with Crippen LogP contribution in [0.25, 0.3) is 0 Å². The van der Waals surface area contributed by atoms with E-state index in [-0.39, 0.29) is 5.91 Å². The first-order valence-electron chi connectivity index (χ1n) is 3.21. The van der Waals surface area contributed by atoms with Gasteiger partial charge in [0.15, 0.2) is 0 Å². The maximum absolute atomic E-state index is 10.5. The maximum atomic E-state index is 10.5. The fraction of sp³-hybridized carbons (Fsp3) is 0.375. The molecule has 0 atom stereocenters. The first-order chi connectivity index (χ1) is 4.66. The molecule has 1 amide bonds. The van der Waals surface area contributed by atoms with Crippen molar-refractivity contribution in [1.82, 2.24) is 5.32 Å². The van der Waals surface area contributed by atoms with Crippen molar-refractivity contribution < 1.29 is 4.79 Å². The summed E-state index contributed by atoms with van der Waals surface area (Å²) in [6, 6.07) is 0. The van der Waals surface area contributed by atoms with E-state index in [0.29, 0.717) is 6.54 Å². The molecule has 0 aromatic heterocycles. The smallest absolute Gasteiger partial charge is 0.243 e. The summed E-state index contributed by atoms with van der Waals surface area (Å²) >= 11 is 0. The van der Waals surface area contributed by atoms with E-state index in [1.165, 1.54) is 6.08 Å². The molecule has 0 spiro atoms. The van der Waals surface area contributed by atoms with E-state index < -0.39 is 0 Å². The molecule has 0 aromatic rings. The molecule has 1 N–H and O–H groups in total. The number of carbonyl (C=O) groups excluding carboxylic acids is 1. The summed E-state index contributed by atoms with van der Waals surface area (Å²) in [6.07, 6.45) is 2.10. The SMILES string of the molecule is C=CC(=O)NCCC(=C)C. The average Bonchev–Trinajstić information content (AvgIpc) is 1.87. The van der Waals surface area contributed by atoms with E-state index in [0.717, 1.165) is 12.0 Å². The summed E-state index contributed by atoms with van der Waals surface area (Å²) in [5.41, 5.74) is 1.07. The monoisotopic (exact) mass is 139 g/mol. The molecular formula is C8H13NO. The lowest BCUT2D eigenvalue weighted by atomic mass is 10.2. The molecule has 2 nitrogen and oxygen atoms in total. The van der Waals surface area contributed by atoms with Gasteiger partial charge in [0.25, 0.3) is 0 Å². The molecular weight excluding hydrogens is 126 g/mol. The van der Waals surface area contributed by atoms with Gasteiger partial charge in [-0.05, 0) is 19.4 Å². The molecule has 0 aliphatic carbocycles. The Labute approximate surface area is 61.6 Å². The summed E-state index contributed by atoms with van der Waals surface area (Å²) < 4.78 is 0. The van der Waals surface area contributed by atoms with Crippen LogP contribution in [0.5, 0.6) is 0 Å². The quantitative estimate of drug-likeness (QED) is 0.461. The van der Waals surface area contributed by atoms with Crippen LogP contribution in [-0.4, -0.2) is 12.5 Å². The molecule has 2 heteroatoms. The predicted octanol–water partition coefficient (Wildman–Crippen LogP) is 1.25. The van der Waals surface area contributed by atoms with Crippen molar-refractivity contribution in [2.45, 2.75) is 13.3 Å². The first-order valence-corrected chi connectivity index (χ1v) is 3.21. The van der Waals surface area contributed by atoms with E-state index in [1.807, 2.05) is 6.92 Å². The number of hydrogen-bond donors (Lipinski definition) is 1. The van der Waals surface area contributed by atoms with Crippen molar-refractivity contribution in [2.75, 3.05) is 6.54 Å². The number of hydrogen-bond acceptors (Lipinski definition) is 1. The van der Waals surface area contributed by atoms with Gasteiger partial charge in [-0.15, -0.1) is 6.58 Å². The summed E-state index contributed by atoms with van der Waals surface area (Å²) in [5.74, 6) is -0.124. The van der Waals surface area contributed by atoms with Crippen LogP contribution in [0, 0.1) is 0 Å². The van der Waals surface area contributed by atoms with Crippen LogP contribution >= 0.6 is 0 Å². The van der Waals surface area contributed by atoms with Crippen molar-refractivity contribution in [1.29, 1.82) is 0 Å².